The molecule has 0 aliphatic rings. The molecule has 0 bridgehead atoms. The molecule has 0 unspecified atom stereocenters. The molecule has 0 fully saturated rings. The molecule has 0 aromatic heterocycles. The monoisotopic (exact) mass is 579 g/mol. The fraction of sp³-hybridized carbons (Fsp3) is 0.471. The first kappa shape index (κ1) is 32.3. The minimum atomic E-state index is -0.866. The molecule has 0 saturated heterocycles. The average molecular weight is 580 g/mol. The van der Waals surface area contributed by atoms with E-state index in [2.05, 4.69) is 37.4 Å². The highest BCUT2D eigenvalue weighted by atomic mass is 32.2. The number of phenolic OH excluding ortho intramolecular Hbond substituents is 1. The number of ether oxygens (including phenoxy) is 1. The molecule has 222 valence electrons. The lowest BCUT2D eigenvalue weighted by atomic mass is 10.00. The summed E-state index contributed by atoms with van der Waals surface area (Å²) >= 11 is 1.38. The van der Waals surface area contributed by atoms with Gasteiger partial charge in [0, 0.05) is 22.6 Å². The predicted octanol–water partition coefficient (Wildman–Crippen LogP) is 8.17. The van der Waals surface area contributed by atoms with Gasteiger partial charge in [0.1, 0.15) is 11.5 Å². The van der Waals surface area contributed by atoms with Crippen LogP contribution in [0.1, 0.15) is 93.1 Å². The number of benzene rings is 3. The van der Waals surface area contributed by atoms with Gasteiger partial charge in [0.25, 0.3) is 5.91 Å². The Morgan fingerprint density at radius 2 is 1.61 bits per heavy atom. The van der Waals surface area contributed by atoms with E-state index in [9.17, 15) is 14.7 Å². The number of thioether (sulfide) groups is 1. The third-order valence-corrected chi connectivity index (χ3v) is 8.21. The first-order chi connectivity index (χ1) is 19.9. The second-order valence-electron chi connectivity index (χ2n) is 10.5. The fourth-order valence-corrected chi connectivity index (χ4v) is 5.87. The summed E-state index contributed by atoms with van der Waals surface area (Å²) in [6.45, 7) is 5.50. The van der Waals surface area contributed by atoms with Crippen LogP contribution in [0.5, 0.6) is 11.5 Å². The van der Waals surface area contributed by atoms with Gasteiger partial charge < -0.3 is 20.3 Å². The third kappa shape index (κ3) is 10.3. The van der Waals surface area contributed by atoms with Gasteiger partial charge in [0.05, 0.1) is 18.6 Å². The summed E-state index contributed by atoms with van der Waals surface area (Å²) in [5, 5.41) is 24.1. The van der Waals surface area contributed by atoms with Crippen LogP contribution in [-0.4, -0.2) is 41.0 Å². The molecule has 3 N–H and O–H groups in total. The largest absolute Gasteiger partial charge is 0.506 e. The number of phenols is 1. The second kappa shape index (κ2) is 17.6. The summed E-state index contributed by atoms with van der Waals surface area (Å²) < 4.78 is 6.18. The minimum Gasteiger partial charge on any atom is -0.506 e. The second-order valence-corrected chi connectivity index (χ2v) is 11.6. The highest BCUT2D eigenvalue weighted by molar-refractivity contribution is 7.99. The zero-order valence-corrected chi connectivity index (χ0v) is 25.4. The molecular weight excluding hydrogens is 534 g/mol. The van der Waals surface area contributed by atoms with E-state index in [0.29, 0.717) is 24.3 Å². The van der Waals surface area contributed by atoms with Crippen LogP contribution < -0.4 is 10.1 Å². The van der Waals surface area contributed by atoms with E-state index in [-0.39, 0.29) is 23.6 Å². The first-order valence-electron chi connectivity index (χ1n) is 15.1. The average Bonchev–Trinajstić information content (AvgIpc) is 2.97. The van der Waals surface area contributed by atoms with Crippen LogP contribution in [-0.2, 0) is 17.6 Å². The number of carboxylic acids is 1. The van der Waals surface area contributed by atoms with Crippen molar-refractivity contribution in [1.82, 2.24) is 5.32 Å². The van der Waals surface area contributed by atoms with Gasteiger partial charge in [0.15, 0.2) is 0 Å². The Bertz CT molecular complexity index is 1280. The number of aromatic hydroxyl groups is 1. The van der Waals surface area contributed by atoms with E-state index in [4.69, 9.17) is 9.84 Å². The van der Waals surface area contributed by atoms with Crippen molar-refractivity contribution in [3.63, 3.8) is 0 Å². The minimum absolute atomic E-state index is 0.0206. The van der Waals surface area contributed by atoms with Gasteiger partial charge >= 0.3 is 5.97 Å². The molecule has 1 amide bonds. The van der Waals surface area contributed by atoms with Crippen molar-refractivity contribution in [2.24, 2.45) is 0 Å². The number of rotatable bonds is 19. The van der Waals surface area contributed by atoms with Gasteiger partial charge in [-0.25, -0.2) is 0 Å². The van der Waals surface area contributed by atoms with E-state index >= 15 is 0 Å². The van der Waals surface area contributed by atoms with Crippen molar-refractivity contribution in [3.05, 3.63) is 65.2 Å². The summed E-state index contributed by atoms with van der Waals surface area (Å²) in [6, 6.07) is 15.6. The Labute approximate surface area is 248 Å². The van der Waals surface area contributed by atoms with Crippen LogP contribution in [0.3, 0.4) is 0 Å². The molecule has 3 aromatic carbocycles. The van der Waals surface area contributed by atoms with E-state index < -0.39 is 5.97 Å². The van der Waals surface area contributed by atoms with Gasteiger partial charge in [-0.3, -0.25) is 9.59 Å². The van der Waals surface area contributed by atoms with Gasteiger partial charge in [0.2, 0.25) is 0 Å². The SMILES string of the molecule is CCCCCc1ccc(OCCCCNC(=O)c2cc(SCCC(=O)O)c3ccccc3c2O)c(CCCCC)c1. The van der Waals surface area contributed by atoms with Gasteiger partial charge in [-0.1, -0.05) is 75.9 Å². The smallest absolute Gasteiger partial charge is 0.304 e. The van der Waals surface area contributed by atoms with Crippen molar-refractivity contribution >= 4 is 34.4 Å². The number of carbonyl (C=O) groups is 2. The van der Waals surface area contributed by atoms with Crippen LogP contribution in [0.15, 0.2) is 53.4 Å². The van der Waals surface area contributed by atoms with E-state index in [0.717, 1.165) is 41.7 Å². The Kier molecular flexibility index (Phi) is 13.9. The zero-order chi connectivity index (χ0) is 29.5. The predicted molar refractivity (Wildman–Crippen MR) is 169 cm³/mol. The zero-order valence-electron chi connectivity index (χ0n) is 24.5. The van der Waals surface area contributed by atoms with Crippen molar-refractivity contribution in [2.45, 2.75) is 89.4 Å². The Hall–Kier alpha value is -3.19. The van der Waals surface area contributed by atoms with Crippen LogP contribution in [0.2, 0.25) is 0 Å². The number of fused-ring (bicyclic) bond motifs is 1. The highest BCUT2D eigenvalue weighted by Crippen LogP contribution is 2.36. The Morgan fingerprint density at radius 1 is 0.878 bits per heavy atom. The highest BCUT2D eigenvalue weighted by Gasteiger charge is 2.17. The molecule has 0 atom stereocenters. The molecule has 3 aromatic rings. The summed E-state index contributed by atoms with van der Waals surface area (Å²) in [6.07, 6.45) is 11.0. The maximum Gasteiger partial charge on any atom is 0.304 e. The number of aryl methyl sites for hydroxylation is 2. The molecule has 6 nitrogen and oxygen atoms in total. The van der Waals surface area contributed by atoms with Crippen LogP contribution in [0.25, 0.3) is 10.8 Å². The molecule has 0 aliphatic carbocycles. The Balaban J connectivity index is 1.53. The maximum atomic E-state index is 13.0. The standard InChI is InChI=1S/C34H45NO5S/c1-3-5-7-13-25-17-18-30(26(23-25)14-8-6-4-2)40-21-12-11-20-35-34(39)29-24-31(41-22-19-32(36)37)27-15-9-10-16-28(27)33(29)38/h9-10,15-18,23-24,38H,3-8,11-14,19-22H2,1-2H3,(H,35,39)(H,36,37). The number of nitrogens with one attached hydrogen (secondary N) is 1. The number of unbranched alkanes of at least 4 members (excludes halogenated alkanes) is 5. The summed E-state index contributed by atoms with van der Waals surface area (Å²) in [4.78, 5) is 24.7. The number of carbonyl (C=O) groups excluding carboxylic acids is 1. The normalized spacial score (nSPS) is 11.1. The van der Waals surface area contributed by atoms with Crippen LogP contribution >= 0.6 is 11.8 Å². The van der Waals surface area contributed by atoms with Crippen molar-refractivity contribution in [1.29, 1.82) is 0 Å². The van der Waals surface area contributed by atoms with Gasteiger partial charge in [-0.15, -0.1) is 11.8 Å². The Morgan fingerprint density at radius 3 is 2.34 bits per heavy atom. The van der Waals surface area contributed by atoms with Crippen LogP contribution in [0, 0.1) is 0 Å². The summed E-state index contributed by atoms with van der Waals surface area (Å²) in [7, 11) is 0. The summed E-state index contributed by atoms with van der Waals surface area (Å²) in [5.41, 5.74) is 2.89. The lowest BCUT2D eigenvalue weighted by Gasteiger charge is -2.14. The third-order valence-electron chi connectivity index (χ3n) is 7.15. The molecule has 0 spiro atoms. The number of aliphatic carboxylic acids is 1. The van der Waals surface area contributed by atoms with E-state index in [1.54, 1.807) is 12.1 Å². The first-order valence-corrected chi connectivity index (χ1v) is 16.0. The number of carboxylic acid groups (broad SMARTS) is 1. The lowest BCUT2D eigenvalue weighted by molar-refractivity contribution is -0.136. The van der Waals surface area contributed by atoms with Crippen molar-refractivity contribution in [2.75, 3.05) is 18.9 Å². The molecule has 0 aliphatic heterocycles. The molecule has 7 heteroatoms. The van der Waals surface area contributed by atoms with Crippen LogP contribution in [0.4, 0.5) is 0 Å². The molecular formula is C34H45NO5S. The maximum absolute atomic E-state index is 13.0. The number of amides is 1. The van der Waals surface area contributed by atoms with Crippen molar-refractivity contribution in [3.8, 4) is 11.5 Å². The summed E-state index contributed by atoms with van der Waals surface area (Å²) in [5.74, 6) is 0.0875. The number of hydrogen-bond donors (Lipinski definition) is 3. The fourth-order valence-electron chi connectivity index (χ4n) is 4.84. The van der Waals surface area contributed by atoms with E-state index in [1.165, 1.54) is 61.4 Å². The molecule has 0 radical (unpaired) electrons. The van der Waals surface area contributed by atoms with Gasteiger partial charge in [-0.05, 0) is 67.2 Å². The molecule has 0 heterocycles. The lowest BCUT2D eigenvalue weighted by Crippen LogP contribution is -2.25. The quantitative estimate of drug-likeness (QED) is 0.0979. The molecule has 0 saturated carbocycles. The van der Waals surface area contributed by atoms with Gasteiger partial charge in [-0.2, -0.15) is 0 Å². The topological polar surface area (TPSA) is 95.9 Å². The molecule has 3 rings (SSSR count). The van der Waals surface area contributed by atoms with Crippen molar-refractivity contribution < 1.29 is 24.5 Å². The number of hydrogen-bond acceptors (Lipinski definition) is 5. The van der Waals surface area contributed by atoms with E-state index in [1.807, 2.05) is 18.2 Å². The molecule has 41 heavy (non-hydrogen) atoms.